The lowest BCUT2D eigenvalue weighted by Crippen LogP contribution is -2.45. The molecule has 2 N–H and O–H groups in total. The largest absolute Gasteiger partial charge is 0.480 e. The molecule has 1 aliphatic carbocycles. The fourth-order valence-electron chi connectivity index (χ4n) is 3.07. The molecule has 0 spiro atoms. The fraction of sp³-hybridized carbons (Fsp3) is 0.933. The van der Waals surface area contributed by atoms with Crippen molar-refractivity contribution in [3.8, 4) is 0 Å². The van der Waals surface area contributed by atoms with Crippen molar-refractivity contribution in [1.29, 1.82) is 0 Å². The summed E-state index contributed by atoms with van der Waals surface area (Å²) in [7, 11) is 0. The highest BCUT2D eigenvalue weighted by Gasteiger charge is 2.35. The second-order valence-electron chi connectivity index (χ2n) is 6.75. The van der Waals surface area contributed by atoms with Gasteiger partial charge in [-0.25, -0.2) is 0 Å². The van der Waals surface area contributed by atoms with Gasteiger partial charge in [0, 0.05) is 0 Å². The number of aliphatic carboxylic acids is 1. The smallest absolute Gasteiger partial charge is 0.320 e. The summed E-state index contributed by atoms with van der Waals surface area (Å²) in [6.07, 6.45) is 5.43. The van der Waals surface area contributed by atoms with Crippen LogP contribution in [0.4, 0.5) is 0 Å². The third kappa shape index (κ3) is 4.27. The normalized spacial score (nSPS) is 26.9. The van der Waals surface area contributed by atoms with E-state index >= 15 is 0 Å². The van der Waals surface area contributed by atoms with Gasteiger partial charge in [0.1, 0.15) is 6.04 Å². The van der Waals surface area contributed by atoms with Crippen molar-refractivity contribution in [1.82, 2.24) is 5.32 Å². The minimum absolute atomic E-state index is 0.313. The molecule has 1 unspecified atom stereocenters. The van der Waals surface area contributed by atoms with Crippen LogP contribution in [0.5, 0.6) is 0 Å². The lowest BCUT2D eigenvalue weighted by atomic mass is 9.68. The molecule has 106 valence electrons. The van der Waals surface area contributed by atoms with Gasteiger partial charge in [-0.3, -0.25) is 4.79 Å². The molecule has 18 heavy (non-hydrogen) atoms. The van der Waals surface area contributed by atoms with E-state index in [1.807, 2.05) is 0 Å². The Kier molecular flexibility index (Phi) is 5.64. The van der Waals surface area contributed by atoms with E-state index in [0.717, 1.165) is 31.7 Å². The van der Waals surface area contributed by atoms with Crippen LogP contribution in [0.2, 0.25) is 0 Å². The maximum atomic E-state index is 11.3. The molecule has 0 amide bonds. The van der Waals surface area contributed by atoms with Gasteiger partial charge in [-0.15, -0.1) is 0 Å². The zero-order valence-corrected chi connectivity index (χ0v) is 12.3. The van der Waals surface area contributed by atoms with Crippen LogP contribution in [0.15, 0.2) is 0 Å². The van der Waals surface area contributed by atoms with Gasteiger partial charge in [-0.05, 0) is 55.9 Å². The first-order chi connectivity index (χ1) is 8.36. The van der Waals surface area contributed by atoms with Crippen molar-refractivity contribution in [3.05, 3.63) is 0 Å². The molecule has 0 aliphatic heterocycles. The highest BCUT2D eigenvalue weighted by atomic mass is 16.4. The summed E-state index contributed by atoms with van der Waals surface area (Å²) in [5.41, 5.74) is 0.362. The number of hydrogen-bond donors (Lipinski definition) is 2. The van der Waals surface area contributed by atoms with Crippen LogP contribution in [0.3, 0.4) is 0 Å². The average Bonchev–Trinajstić information content (AvgIpc) is 2.28. The van der Waals surface area contributed by atoms with Gasteiger partial charge in [0.2, 0.25) is 0 Å². The van der Waals surface area contributed by atoms with E-state index in [1.54, 1.807) is 0 Å². The minimum atomic E-state index is -0.678. The predicted octanol–water partition coefficient (Wildman–Crippen LogP) is 3.29. The fourth-order valence-corrected chi connectivity index (χ4v) is 3.07. The molecule has 1 aliphatic rings. The third-order valence-corrected chi connectivity index (χ3v) is 4.35. The van der Waals surface area contributed by atoms with Gasteiger partial charge in [0.15, 0.2) is 0 Å². The predicted molar refractivity (Wildman–Crippen MR) is 74.6 cm³/mol. The Morgan fingerprint density at radius 1 is 1.28 bits per heavy atom. The third-order valence-electron chi connectivity index (χ3n) is 4.35. The van der Waals surface area contributed by atoms with E-state index in [0.29, 0.717) is 11.3 Å². The highest BCUT2D eigenvalue weighted by molar-refractivity contribution is 5.73. The molecular formula is C15H29NO2. The SMILES string of the molecule is CCCNC(C(=O)O)C1CCC(C(C)(C)C)CC1. The molecule has 0 bridgehead atoms. The van der Waals surface area contributed by atoms with Gasteiger partial charge < -0.3 is 10.4 Å². The minimum Gasteiger partial charge on any atom is -0.480 e. The number of carboxylic acid groups (broad SMARTS) is 1. The summed E-state index contributed by atoms with van der Waals surface area (Å²) in [6, 6.07) is -0.342. The van der Waals surface area contributed by atoms with Gasteiger partial charge in [-0.1, -0.05) is 27.7 Å². The van der Waals surface area contributed by atoms with E-state index < -0.39 is 5.97 Å². The molecule has 0 aromatic rings. The molecule has 1 atom stereocenters. The molecule has 3 heteroatoms. The molecule has 3 nitrogen and oxygen atoms in total. The van der Waals surface area contributed by atoms with E-state index in [9.17, 15) is 9.90 Å². The Labute approximate surface area is 111 Å². The summed E-state index contributed by atoms with van der Waals surface area (Å²) in [5.74, 6) is 0.379. The molecule has 0 saturated heterocycles. The Bertz CT molecular complexity index is 262. The van der Waals surface area contributed by atoms with Gasteiger partial charge >= 0.3 is 5.97 Å². The van der Waals surface area contributed by atoms with E-state index in [4.69, 9.17) is 0 Å². The monoisotopic (exact) mass is 255 g/mol. The van der Waals surface area contributed by atoms with Crippen molar-refractivity contribution in [2.45, 2.75) is 65.8 Å². The molecule has 0 aromatic carbocycles. The average molecular weight is 255 g/mol. The van der Waals surface area contributed by atoms with E-state index in [1.165, 1.54) is 12.8 Å². The van der Waals surface area contributed by atoms with Crippen molar-refractivity contribution in [2.75, 3.05) is 6.54 Å². The lowest BCUT2D eigenvalue weighted by molar-refractivity contribution is -0.141. The van der Waals surface area contributed by atoms with Crippen LogP contribution in [0, 0.1) is 17.3 Å². The Hall–Kier alpha value is -0.570. The molecule has 0 radical (unpaired) electrons. The maximum Gasteiger partial charge on any atom is 0.320 e. The Balaban J connectivity index is 2.51. The Morgan fingerprint density at radius 3 is 2.22 bits per heavy atom. The van der Waals surface area contributed by atoms with Gasteiger partial charge in [-0.2, -0.15) is 0 Å². The molecule has 1 saturated carbocycles. The quantitative estimate of drug-likeness (QED) is 0.792. The number of nitrogens with one attached hydrogen (secondary N) is 1. The number of rotatable bonds is 5. The lowest BCUT2D eigenvalue weighted by Gasteiger charge is -2.38. The first-order valence-electron chi connectivity index (χ1n) is 7.32. The first kappa shape index (κ1) is 15.5. The van der Waals surface area contributed by atoms with Crippen molar-refractivity contribution in [2.24, 2.45) is 17.3 Å². The van der Waals surface area contributed by atoms with Gasteiger partial charge in [0.25, 0.3) is 0 Å². The standard InChI is InChI=1S/C15H29NO2/c1-5-10-16-13(14(17)18)11-6-8-12(9-7-11)15(2,3)4/h11-13,16H,5-10H2,1-4H3,(H,17,18). The molecular weight excluding hydrogens is 226 g/mol. The van der Waals surface area contributed by atoms with Crippen LogP contribution in [0.1, 0.15) is 59.8 Å². The van der Waals surface area contributed by atoms with Crippen molar-refractivity contribution >= 4 is 5.97 Å². The topological polar surface area (TPSA) is 49.3 Å². The second-order valence-corrected chi connectivity index (χ2v) is 6.75. The van der Waals surface area contributed by atoms with Crippen molar-refractivity contribution < 1.29 is 9.90 Å². The molecule has 1 rings (SSSR count). The first-order valence-corrected chi connectivity index (χ1v) is 7.32. The van der Waals surface area contributed by atoms with E-state index in [2.05, 4.69) is 33.0 Å². The van der Waals surface area contributed by atoms with Crippen LogP contribution in [-0.2, 0) is 4.79 Å². The number of hydrogen-bond acceptors (Lipinski definition) is 2. The zero-order valence-electron chi connectivity index (χ0n) is 12.3. The zero-order chi connectivity index (χ0) is 13.8. The van der Waals surface area contributed by atoms with Crippen LogP contribution < -0.4 is 5.32 Å². The number of carbonyl (C=O) groups is 1. The summed E-state index contributed by atoms with van der Waals surface area (Å²) >= 11 is 0. The maximum absolute atomic E-state index is 11.3. The summed E-state index contributed by atoms with van der Waals surface area (Å²) < 4.78 is 0. The van der Waals surface area contributed by atoms with Crippen LogP contribution in [-0.4, -0.2) is 23.7 Å². The summed E-state index contributed by atoms with van der Waals surface area (Å²) in [6.45, 7) is 9.75. The Morgan fingerprint density at radius 2 is 1.83 bits per heavy atom. The van der Waals surface area contributed by atoms with Crippen LogP contribution in [0.25, 0.3) is 0 Å². The summed E-state index contributed by atoms with van der Waals surface area (Å²) in [5, 5.41) is 12.5. The molecule has 0 aromatic heterocycles. The van der Waals surface area contributed by atoms with Crippen LogP contribution >= 0.6 is 0 Å². The second kappa shape index (κ2) is 6.55. The van der Waals surface area contributed by atoms with Gasteiger partial charge in [0.05, 0.1) is 0 Å². The number of carboxylic acids is 1. The van der Waals surface area contributed by atoms with E-state index in [-0.39, 0.29) is 6.04 Å². The summed E-state index contributed by atoms with van der Waals surface area (Å²) in [4.78, 5) is 11.3. The highest BCUT2D eigenvalue weighted by Crippen LogP contribution is 2.40. The molecule has 1 fully saturated rings. The molecule has 0 heterocycles. The van der Waals surface area contributed by atoms with Crippen molar-refractivity contribution in [3.63, 3.8) is 0 Å².